The number of ether oxygens (including phenoxy) is 1. The number of aromatic nitrogens is 1. The predicted molar refractivity (Wildman–Crippen MR) is 94.9 cm³/mol. The van der Waals surface area contributed by atoms with Gasteiger partial charge in [-0.3, -0.25) is 4.79 Å². The van der Waals surface area contributed by atoms with E-state index in [2.05, 4.69) is 17.4 Å². The third-order valence-electron chi connectivity index (χ3n) is 4.32. The lowest BCUT2D eigenvalue weighted by molar-refractivity contribution is 0.0943. The number of amides is 1. The van der Waals surface area contributed by atoms with E-state index in [4.69, 9.17) is 16.3 Å². The zero-order valence-electron chi connectivity index (χ0n) is 13.1. The third-order valence-corrected chi connectivity index (χ3v) is 4.65. The molecule has 24 heavy (non-hydrogen) atoms. The van der Waals surface area contributed by atoms with Gasteiger partial charge in [0, 0.05) is 11.9 Å². The Labute approximate surface area is 145 Å². The first-order valence-corrected chi connectivity index (χ1v) is 8.38. The Hall–Kier alpha value is -2.46. The summed E-state index contributed by atoms with van der Waals surface area (Å²) in [5.74, 6) is 0.704. The van der Waals surface area contributed by atoms with Crippen LogP contribution < -0.4 is 10.1 Å². The van der Waals surface area contributed by atoms with Gasteiger partial charge < -0.3 is 14.6 Å². The monoisotopic (exact) mass is 340 g/mol. The Bertz CT molecular complexity index is 903. The molecule has 2 aromatic carbocycles. The molecule has 4 nitrogen and oxygen atoms in total. The fourth-order valence-corrected chi connectivity index (χ4v) is 3.36. The number of hydrogen-bond donors (Lipinski definition) is 1. The van der Waals surface area contributed by atoms with Crippen LogP contribution in [0.5, 0.6) is 5.75 Å². The lowest BCUT2D eigenvalue weighted by Crippen LogP contribution is -2.29. The van der Waals surface area contributed by atoms with Crippen molar-refractivity contribution >= 4 is 28.4 Å². The Morgan fingerprint density at radius 3 is 2.88 bits per heavy atom. The van der Waals surface area contributed by atoms with E-state index in [1.807, 2.05) is 41.0 Å². The molecule has 0 bridgehead atoms. The molecule has 0 fully saturated rings. The van der Waals surface area contributed by atoms with Gasteiger partial charge in [0.15, 0.2) is 0 Å². The van der Waals surface area contributed by atoms with Crippen LogP contribution in [0.25, 0.3) is 10.9 Å². The van der Waals surface area contributed by atoms with Crippen molar-refractivity contribution in [2.24, 2.45) is 0 Å². The maximum atomic E-state index is 12.6. The first kappa shape index (κ1) is 15.1. The highest BCUT2D eigenvalue weighted by Gasteiger charge is 2.22. The lowest BCUT2D eigenvalue weighted by atomic mass is 10.1. The average molecular weight is 341 g/mol. The average Bonchev–Trinajstić information content (AvgIpc) is 3.01. The summed E-state index contributed by atoms with van der Waals surface area (Å²) >= 11 is 6.28. The van der Waals surface area contributed by atoms with Crippen molar-refractivity contribution < 1.29 is 9.53 Å². The van der Waals surface area contributed by atoms with Crippen molar-refractivity contribution in [1.29, 1.82) is 0 Å². The molecule has 1 amide bonds. The molecule has 1 aliphatic rings. The Morgan fingerprint density at radius 1 is 1.21 bits per heavy atom. The van der Waals surface area contributed by atoms with Crippen LogP contribution in [0.3, 0.4) is 0 Å². The van der Waals surface area contributed by atoms with Crippen LogP contribution in [0.1, 0.15) is 16.1 Å². The highest BCUT2D eigenvalue weighted by atomic mass is 35.5. The fourth-order valence-electron chi connectivity index (χ4n) is 3.15. The summed E-state index contributed by atoms with van der Waals surface area (Å²) in [5, 5.41) is 4.50. The van der Waals surface area contributed by atoms with Gasteiger partial charge in [0.1, 0.15) is 18.1 Å². The molecular formula is C19H17ClN2O2. The van der Waals surface area contributed by atoms with Crippen LogP contribution in [0, 0.1) is 0 Å². The summed E-state index contributed by atoms with van der Waals surface area (Å²) in [5.41, 5.74) is 2.75. The van der Waals surface area contributed by atoms with Gasteiger partial charge in [0.2, 0.25) is 0 Å². The second-order valence-electron chi connectivity index (χ2n) is 5.83. The van der Waals surface area contributed by atoms with Crippen LogP contribution >= 0.6 is 11.6 Å². The van der Waals surface area contributed by atoms with Gasteiger partial charge >= 0.3 is 0 Å². The SMILES string of the molecule is O=C(NCCc1ccccc1)c1cc2c(Cl)ccc3c2n1CCO3. The normalized spacial score (nSPS) is 12.9. The van der Waals surface area contributed by atoms with Crippen LogP contribution in [0.15, 0.2) is 48.5 Å². The second kappa shape index (κ2) is 6.21. The van der Waals surface area contributed by atoms with Crippen molar-refractivity contribution in [2.45, 2.75) is 13.0 Å². The highest BCUT2D eigenvalue weighted by molar-refractivity contribution is 6.36. The largest absolute Gasteiger partial charge is 0.490 e. The van der Waals surface area contributed by atoms with Crippen molar-refractivity contribution in [2.75, 3.05) is 13.2 Å². The Kier molecular flexibility index (Phi) is 3.90. The summed E-state index contributed by atoms with van der Waals surface area (Å²) in [6, 6.07) is 15.6. The second-order valence-corrected chi connectivity index (χ2v) is 6.24. The van der Waals surface area contributed by atoms with E-state index in [1.54, 1.807) is 0 Å². The molecule has 122 valence electrons. The number of nitrogens with one attached hydrogen (secondary N) is 1. The van der Waals surface area contributed by atoms with Crippen molar-refractivity contribution in [3.05, 3.63) is 64.8 Å². The van der Waals surface area contributed by atoms with Gasteiger partial charge in [0.05, 0.1) is 17.1 Å². The molecule has 0 spiro atoms. The van der Waals surface area contributed by atoms with Crippen LogP contribution in [0.2, 0.25) is 5.02 Å². The summed E-state index contributed by atoms with van der Waals surface area (Å²) in [7, 11) is 0. The van der Waals surface area contributed by atoms with Crippen LogP contribution in [-0.4, -0.2) is 23.6 Å². The third kappa shape index (κ3) is 2.63. The zero-order chi connectivity index (χ0) is 16.5. The highest BCUT2D eigenvalue weighted by Crippen LogP contribution is 2.36. The topological polar surface area (TPSA) is 43.3 Å². The molecule has 0 atom stereocenters. The Balaban J connectivity index is 1.57. The van der Waals surface area contributed by atoms with E-state index in [1.165, 1.54) is 5.56 Å². The molecule has 1 aromatic heterocycles. The van der Waals surface area contributed by atoms with Gasteiger partial charge in [-0.2, -0.15) is 0 Å². The molecular weight excluding hydrogens is 324 g/mol. The van der Waals surface area contributed by atoms with Crippen molar-refractivity contribution in [1.82, 2.24) is 9.88 Å². The first-order valence-electron chi connectivity index (χ1n) is 8.01. The first-order chi connectivity index (χ1) is 11.7. The zero-order valence-corrected chi connectivity index (χ0v) is 13.8. The summed E-state index contributed by atoms with van der Waals surface area (Å²) in [6.07, 6.45) is 0.807. The van der Waals surface area contributed by atoms with E-state index in [0.29, 0.717) is 30.4 Å². The van der Waals surface area contributed by atoms with E-state index in [9.17, 15) is 4.79 Å². The minimum absolute atomic E-state index is 0.0777. The fraction of sp³-hybridized carbons (Fsp3) is 0.211. The molecule has 1 N–H and O–H groups in total. The molecule has 1 aliphatic heterocycles. The maximum absolute atomic E-state index is 12.6. The molecule has 0 radical (unpaired) electrons. The number of hydrogen-bond acceptors (Lipinski definition) is 2. The van der Waals surface area contributed by atoms with Crippen LogP contribution in [0.4, 0.5) is 0 Å². The summed E-state index contributed by atoms with van der Waals surface area (Å²) < 4.78 is 7.67. The summed E-state index contributed by atoms with van der Waals surface area (Å²) in [4.78, 5) is 12.6. The molecule has 3 aromatic rings. The van der Waals surface area contributed by atoms with Crippen molar-refractivity contribution in [3.63, 3.8) is 0 Å². The smallest absolute Gasteiger partial charge is 0.267 e. The van der Waals surface area contributed by atoms with E-state index in [0.717, 1.165) is 23.1 Å². The molecule has 0 saturated carbocycles. The predicted octanol–water partition coefficient (Wildman–Crippen LogP) is 3.66. The van der Waals surface area contributed by atoms with Gasteiger partial charge in [-0.05, 0) is 30.2 Å². The van der Waals surface area contributed by atoms with Gasteiger partial charge in [-0.25, -0.2) is 0 Å². The molecule has 2 heterocycles. The number of halogens is 1. The summed E-state index contributed by atoms with van der Waals surface area (Å²) in [6.45, 7) is 1.81. The molecule has 0 unspecified atom stereocenters. The maximum Gasteiger partial charge on any atom is 0.267 e. The quantitative estimate of drug-likeness (QED) is 0.787. The number of rotatable bonds is 4. The van der Waals surface area contributed by atoms with Crippen molar-refractivity contribution in [3.8, 4) is 5.75 Å². The lowest BCUT2D eigenvalue weighted by Gasteiger charge is -2.19. The van der Waals surface area contributed by atoms with Gasteiger partial charge in [-0.1, -0.05) is 41.9 Å². The standard InChI is InChI=1S/C19H17ClN2O2/c20-15-6-7-17-18-14(15)12-16(22(18)10-11-24-17)19(23)21-9-8-13-4-2-1-3-5-13/h1-7,12H,8-11H2,(H,21,23). The number of carbonyl (C=O) groups excluding carboxylic acids is 1. The van der Waals surface area contributed by atoms with E-state index in [-0.39, 0.29) is 5.91 Å². The van der Waals surface area contributed by atoms with Gasteiger partial charge in [0.25, 0.3) is 5.91 Å². The number of benzene rings is 2. The Morgan fingerprint density at radius 2 is 2.04 bits per heavy atom. The molecule has 0 aliphatic carbocycles. The van der Waals surface area contributed by atoms with Crippen LogP contribution in [-0.2, 0) is 13.0 Å². The molecule has 5 heteroatoms. The van der Waals surface area contributed by atoms with Gasteiger partial charge in [-0.15, -0.1) is 0 Å². The van der Waals surface area contributed by atoms with E-state index >= 15 is 0 Å². The van der Waals surface area contributed by atoms with E-state index < -0.39 is 0 Å². The molecule has 0 saturated heterocycles. The number of carbonyl (C=O) groups is 1. The molecule has 4 rings (SSSR count). The minimum atomic E-state index is -0.0777. The minimum Gasteiger partial charge on any atom is -0.490 e. The number of nitrogens with zero attached hydrogens (tertiary/aromatic N) is 1.